The first-order valence-corrected chi connectivity index (χ1v) is 10.4. The Hall–Kier alpha value is -2.76. The number of hydrogen-bond donors (Lipinski definition) is 5. The van der Waals surface area contributed by atoms with Gasteiger partial charge in [-0.05, 0) is 37.1 Å². The second-order valence-corrected chi connectivity index (χ2v) is 8.15. The van der Waals surface area contributed by atoms with E-state index in [4.69, 9.17) is 14.3 Å². The highest BCUT2D eigenvalue weighted by Crippen LogP contribution is 2.25. The highest BCUT2D eigenvalue weighted by atomic mass is 16.5. The molecule has 0 unspecified atom stereocenters. The van der Waals surface area contributed by atoms with Gasteiger partial charge in [-0.3, -0.25) is 4.79 Å². The molecule has 0 saturated heterocycles. The van der Waals surface area contributed by atoms with Gasteiger partial charge in [-0.2, -0.15) is 0 Å². The lowest BCUT2D eigenvalue weighted by Gasteiger charge is -2.28. The largest absolute Gasteiger partial charge is 0.489 e. The number of fused-ring (bicyclic) bond motifs is 1. The van der Waals surface area contributed by atoms with E-state index in [0.29, 0.717) is 28.9 Å². The maximum Gasteiger partial charge on any atom is 0.340 e. The van der Waals surface area contributed by atoms with Gasteiger partial charge in [0.2, 0.25) is 5.91 Å². The van der Waals surface area contributed by atoms with Crippen LogP contribution in [0.5, 0.6) is 5.75 Å². The molecule has 0 bridgehead atoms. The monoisotopic (exact) mass is 465 g/mol. The summed E-state index contributed by atoms with van der Waals surface area (Å²) in [4.78, 5) is 26.3. The lowest BCUT2D eigenvalue weighted by atomic mass is 10.0. The van der Waals surface area contributed by atoms with Crippen molar-refractivity contribution in [1.82, 2.24) is 4.90 Å². The van der Waals surface area contributed by atoms with E-state index in [1.165, 1.54) is 7.05 Å². The predicted molar refractivity (Wildman–Crippen MR) is 120 cm³/mol. The normalized spacial score (nSPS) is 15.0. The number of benzene rings is 1. The number of aryl methyl sites for hydroxylation is 1. The molecule has 0 aliphatic rings. The highest BCUT2D eigenvalue weighted by molar-refractivity contribution is 5.85. The molecule has 0 saturated carbocycles. The van der Waals surface area contributed by atoms with Crippen LogP contribution in [0.25, 0.3) is 11.0 Å². The molecule has 1 amide bonds. The predicted octanol–water partition coefficient (Wildman–Crippen LogP) is -0.507. The molecule has 5 N–H and O–H groups in total. The first-order valence-electron chi connectivity index (χ1n) is 10.4. The number of likely N-dealkylation sites (N-methyl/N-ethyl adjacent to an activating group) is 1. The summed E-state index contributed by atoms with van der Waals surface area (Å²) < 4.78 is 11.0. The summed E-state index contributed by atoms with van der Waals surface area (Å²) in [7, 11) is 1.36. The van der Waals surface area contributed by atoms with E-state index in [0.717, 1.165) is 10.5 Å². The summed E-state index contributed by atoms with van der Waals surface area (Å²) in [5, 5.41) is 48.6. The van der Waals surface area contributed by atoms with Crippen LogP contribution in [0, 0.1) is 6.92 Å². The van der Waals surface area contributed by atoms with Crippen LogP contribution in [0.2, 0.25) is 0 Å². The maximum absolute atomic E-state index is 12.6. The molecule has 1 aromatic heterocycles. The molecule has 33 heavy (non-hydrogen) atoms. The van der Waals surface area contributed by atoms with Gasteiger partial charge in [0.15, 0.2) is 0 Å². The van der Waals surface area contributed by atoms with Gasteiger partial charge >= 0.3 is 5.63 Å². The number of hydrogen-bond acceptors (Lipinski definition) is 9. The first-order chi connectivity index (χ1) is 15.5. The fraction of sp³-hybridized carbons (Fsp3) is 0.478. The van der Waals surface area contributed by atoms with E-state index < -0.39 is 42.6 Å². The Bertz CT molecular complexity index is 1050. The number of nitrogens with zero attached hydrogens (tertiary/aromatic N) is 1. The molecular weight excluding hydrogens is 434 g/mol. The molecule has 0 aliphatic carbocycles. The molecule has 0 fully saturated rings. The Morgan fingerprint density at radius 2 is 1.82 bits per heavy atom. The molecule has 0 spiro atoms. The van der Waals surface area contributed by atoms with Crippen LogP contribution in [0.1, 0.15) is 18.1 Å². The summed E-state index contributed by atoms with van der Waals surface area (Å²) in [5.74, 6) is -0.0210. The average Bonchev–Trinajstić information content (AvgIpc) is 2.78. The third kappa shape index (κ3) is 6.62. The second kappa shape index (κ2) is 11.4. The van der Waals surface area contributed by atoms with Gasteiger partial charge in [0.1, 0.15) is 42.4 Å². The van der Waals surface area contributed by atoms with Crippen molar-refractivity contribution < 1.29 is 39.5 Å². The van der Waals surface area contributed by atoms with Crippen molar-refractivity contribution in [2.45, 2.75) is 44.7 Å². The molecular formula is C23H31NO9. The third-order valence-corrected chi connectivity index (χ3v) is 5.28. The summed E-state index contributed by atoms with van der Waals surface area (Å²) in [6.45, 7) is 6.42. The van der Waals surface area contributed by atoms with Gasteiger partial charge in [0, 0.05) is 25.0 Å². The van der Waals surface area contributed by atoms with Crippen molar-refractivity contribution in [3.63, 3.8) is 0 Å². The molecule has 2 aromatic rings. The van der Waals surface area contributed by atoms with Crippen molar-refractivity contribution >= 4 is 16.9 Å². The van der Waals surface area contributed by atoms with Crippen LogP contribution in [0.4, 0.5) is 0 Å². The van der Waals surface area contributed by atoms with E-state index in [2.05, 4.69) is 6.58 Å². The van der Waals surface area contributed by atoms with E-state index >= 15 is 0 Å². The third-order valence-electron chi connectivity index (χ3n) is 5.28. The summed E-state index contributed by atoms with van der Waals surface area (Å²) in [6, 6.07) is 5.04. The Balaban J connectivity index is 2.15. The van der Waals surface area contributed by atoms with E-state index in [-0.39, 0.29) is 18.5 Å². The first kappa shape index (κ1) is 26.5. The van der Waals surface area contributed by atoms with Gasteiger partial charge in [-0.25, -0.2) is 4.79 Å². The van der Waals surface area contributed by atoms with Crippen molar-refractivity contribution in [3.05, 3.63) is 51.9 Å². The topological polar surface area (TPSA) is 161 Å². The van der Waals surface area contributed by atoms with Crippen molar-refractivity contribution in [3.8, 4) is 5.75 Å². The molecule has 182 valence electrons. The van der Waals surface area contributed by atoms with Crippen molar-refractivity contribution in [1.29, 1.82) is 0 Å². The minimum atomic E-state index is -1.80. The van der Waals surface area contributed by atoms with Gasteiger partial charge in [-0.15, -0.1) is 0 Å². The zero-order valence-electron chi connectivity index (χ0n) is 18.9. The Morgan fingerprint density at radius 3 is 2.42 bits per heavy atom. The number of aliphatic hydroxyl groups excluding tert-OH is 5. The minimum absolute atomic E-state index is 0.153. The molecule has 2 rings (SSSR count). The van der Waals surface area contributed by atoms with E-state index in [1.54, 1.807) is 25.1 Å². The van der Waals surface area contributed by atoms with Gasteiger partial charge in [-0.1, -0.05) is 6.58 Å². The smallest absolute Gasteiger partial charge is 0.340 e. The highest BCUT2D eigenvalue weighted by Gasteiger charge is 2.31. The van der Waals surface area contributed by atoms with Crippen LogP contribution in [-0.2, 0) is 11.2 Å². The van der Waals surface area contributed by atoms with Crippen LogP contribution in [-0.4, -0.2) is 87.6 Å². The summed E-state index contributed by atoms with van der Waals surface area (Å²) in [5.41, 5.74) is 1.19. The fourth-order valence-corrected chi connectivity index (χ4v) is 3.21. The average molecular weight is 465 g/mol. The number of carbonyl (C=O) groups is 1. The maximum atomic E-state index is 12.6. The van der Waals surface area contributed by atoms with E-state index in [1.807, 2.05) is 6.92 Å². The summed E-state index contributed by atoms with van der Waals surface area (Å²) >= 11 is 0. The number of aliphatic hydroxyl groups is 5. The number of carbonyl (C=O) groups excluding carboxylic acids is 1. The zero-order chi connectivity index (χ0) is 24.9. The number of ether oxygens (including phenoxy) is 1. The molecule has 1 aromatic carbocycles. The van der Waals surface area contributed by atoms with Gasteiger partial charge < -0.3 is 39.6 Å². The van der Waals surface area contributed by atoms with Gasteiger partial charge in [0.05, 0.1) is 18.6 Å². The molecule has 10 nitrogen and oxygen atoms in total. The Labute approximate surface area is 191 Å². The van der Waals surface area contributed by atoms with Crippen molar-refractivity contribution in [2.75, 3.05) is 26.8 Å². The molecule has 0 aliphatic heterocycles. The standard InChI is InChI=1S/C23H31NO9/c1-12(2)11-32-14-5-6-15-13(3)16(23(31)33-19(15)7-14)8-20(28)24(4)9-17(26)21(29)22(30)18(27)10-25/h5-7,17-18,21-22,25-27,29-30H,1,8-11H2,2-4H3/t17-,18+,21-,22-/m1/s1. The molecule has 1 heterocycles. The summed E-state index contributed by atoms with van der Waals surface area (Å²) in [6.07, 6.45) is -7.14. The molecule has 4 atom stereocenters. The minimum Gasteiger partial charge on any atom is -0.489 e. The molecule has 10 heteroatoms. The number of amides is 1. The van der Waals surface area contributed by atoms with Crippen LogP contribution >= 0.6 is 0 Å². The van der Waals surface area contributed by atoms with Crippen LogP contribution in [0.15, 0.2) is 39.6 Å². The Kier molecular flexibility index (Phi) is 9.15. The quantitative estimate of drug-likeness (QED) is 0.217. The van der Waals surface area contributed by atoms with E-state index in [9.17, 15) is 30.0 Å². The van der Waals surface area contributed by atoms with Crippen LogP contribution < -0.4 is 10.4 Å². The van der Waals surface area contributed by atoms with Gasteiger partial charge in [0.25, 0.3) is 0 Å². The fourth-order valence-electron chi connectivity index (χ4n) is 3.21. The molecule has 0 radical (unpaired) electrons. The number of rotatable bonds is 11. The second-order valence-electron chi connectivity index (χ2n) is 8.15. The lowest BCUT2D eigenvalue weighted by molar-refractivity contribution is -0.137. The zero-order valence-corrected chi connectivity index (χ0v) is 18.9. The van der Waals surface area contributed by atoms with Crippen LogP contribution in [0.3, 0.4) is 0 Å². The van der Waals surface area contributed by atoms with Crippen molar-refractivity contribution in [2.24, 2.45) is 0 Å². The SMILES string of the molecule is C=C(C)COc1ccc2c(C)c(CC(=O)N(C)C[C@@H](O)[C@@H](O)[C@H](O)[C@@H](O)CO)c(=O)oc2c1. The lowest BCUT2D eigenvalue weighted by Crippen LogP contribution is -2.50. The Morgan fingerprint density at radius 1 is 1.18 bits per heavy atom.